The van der Waals surface area contributed by atoms with Crippen LogP contribution in [0.4, 0.5) is 0 Å². The number of quaternary nitrogens is 1. The number of rotatable bonds is 11. The molecule has 1 saturated heterocycles. The van der Waals surface area contributed by atoms with Crippen LogP contribution in [0.5, 0.6) is 0 Å². The average molecular weight is 395 g/mol. The van der Waals surface area contributed by atoms with Gasteiger partial charge in [-0.1, -0.05) is 0 Å². The van der Waals surface area contributed by atoms with E-state index in [0.29, 0.717) is 44.0 Å². The number of carbonyl (C=O) groups is 2. The summed E-state index contributed by atoms with van der Waals surface area (Å²) in [5, 5.41) is 3.01. The molecule has 0 atom stereocenters. The van der Waals surface area contributed by atoms with Crippen molar-refractivity contribution in [1.29, 1.82) is 0 Å². The predicted molar refractivity (Wildman–Crippen MR) is 108 cm³/mol. The molecule has 7 heteroatoms. The van der Waals surface area contributed by atoms with Crippen LogP contribution in [0.15, 0.2) is 10.5 Å². The van der Waals surface area contributed by atoms with Gasteiger partial charge in [-0.3, -0.25) is 9.59 Å². The lowest BCUT2D eigenvalue weighted by Crippen LogP contribution is -3.13. The number of furan rings is 1. The molecule has 1 aromatic heterocycles. The molecule has 0 spiro atoms. The molecule has 2 amide bonds. The third-order valence-electron chi connectivity index (χ3n) is 5.31. The highest BCUT2D eigenvalue weighted by molar-refractivity contribution is 5.95. The average Bonchev–Trinajstić information content (AvgIpc) is 3.03. The Morgan fingerprint density at radius 2 is 1.96 bits per heavy atom. The maximum Gasteiger partial charge on any atom is 0.257 e. The zero-order valence-corrected chi connectivity index (χ0v) is 17.6. The van der Waals surface area contributed by atoms with Crippen LogP contribution in [-0.2, 0) is 9.53 Å². The molecule has 28 heavy (non-hydrogen) atoms. The fraction of sp³-hybridized carbons (Fsp3) is 0.714. The molecule has 1 fully saturated rings. The Morgan fingerprint density at radius 1 is 1.21 bits per heavy atom. The Kier molecular flexibility index (Phi) is 9.50. The van der Waals surface area contributed by atoms with Crippen molar-refractivity contribution in [2.45, 2.75) is 46.0 Å². The van der Waals surface area contributed by atoms with Gasteiger partial charge in [0.05, 0.1) is 31.7 Å². The van der Waals surface area contributed by atoms with Crippen LogP contribution in [0.1, 0.15) is 54.0 Å². The van der Waals surface area contributed by atoms with Gasteiger partial charge in [0.2, 0.25) is 5.91 Å². The standard InChI is InChI=1S/C21H35N3O4/c1-17-16-19(18(2)28-17)21(26)24(12-7-15-27-3)13-8-20(25)22-9-14-23-10-5-4-6-11-23/h16H,4-15H2,1-3H3,(H,22,25)/p+1. The van der Waals surface area contributed by atoms with Crippen molar-refractivity contribution in [3.05, 3.63) is 23.2 Å². The molecular formula is C21H36N3O4+. The first-order valence-electron chi connectivity index (χ1n) is 10.5. The lowest BCUT2D eigenvalue weighted by atomic mass is 10.1. The molecule has 0 bridgehead atoms. The van der Waals surface area contributed by atoms with Crippen LogP contribution in [0, 0.1) is 13.8 Å². The van der Waals surface area contributed by atoms with Gasteiger partial charge >= 0.3 is 0 Å². The van der Waals surface area contributed by atoms with Crippen molar-refractivity contribution < 1.29 is 23.6 Å². The van der Waals surface area contributed by atoms with Gasteiger partial charge in [0, 0.05) is 33.2 Å². The number of amides is 2. The lowest BCUT2D eigenvalue weighted by Gasteiger charge is -2.24. The number of hydrogen-bond donors (Lipinski definition) is 2. The first-order valence-corrected chi connectivity index (χ1v) is 10.5. The second kappa shape index (κ2) is 11.9. The zero-order valence-electron chi connectivity index (χ0n) is 17.6. The van der Waals surface area contributed by atoms with Crippen molar-refractivity contribution >= 4 is 11.8 Å². The molecule has 0 aromatic carbocycles. The minimum Gasteiger partial charge on any atom is -0.466 e. The SMILES string of the molecule is COCCCN(CCC(=O)NCC[NH+]1CCCCC1)C(=O)c1cc(C)oc1C. The van der Waals surface area contributed by atoms with Gasteiger partial charge in [0.15, 0.2) is 0 Å². The van der Waals surface area contributed by atoms with Gasteiger partial charge in [-0.2, -0.15) is 0 Å². The number of nitrogens with zero attached hydrogens (tertiary/aromatic N) is 1. The third-order valence-corrected chi connectivity index (χ3v) is 5.31. The van der Waals surface area contributed by atoms with Gasteiger partial charge in [0.1, 0.15) is 11.5 Å². The molecule has 2 N–H and O–H groups in total. The topological polar surface area (TPSA) is 76.2 Å². The Balaban J connectivity index is 1.81. The van der Waals surface area contributed by atoms with E-state index in [1.54, 1.807) is 29.9 Å². The summed E-state index contributed by atoms with van der Waals surface area (Å²) >= 11 is 0. The highest BCUT2D eigenvalue weighted by Crippen LogP contribution is 2.16. The number of carbonyl (C=O) groups excluding carboxylic acids is 2. The molecule has 7 nitrogen and oxygen atoms in total. The summed E-state index contributed by atoms with van der Waals surface area (Å²) in [6.45, 7) is 9.26. The first kappa shape index (κ1) is 22.4. The van der Waals surface area contributed by atoms with E-state index in [9.17, 15) is 9.59 Å². The number of piperidine rings is 1. The second-order valence-electron chi connectivity index (χ2n) is 7.63. The minimum atomic E-state index is -0.0870. The van der Waals surface area contributed by atoms with E-state index < -0.39 is 0 Å². The Hall–Kier alpha value is -1.86. The van der Waals surface area contributed by atoms with Crippen molar-refractivity contribution in [3.8, 4) is 0 Å². The summed E-state index contributed by atoms with van der Waals surface area (Å²) in [6, 6.07) is 1.77. The van der Waals surface area contributed by atoms with Gasteiger partial charge in [-0.05, 0) is 45.6 Å². The maximum absolute atomic E-state index is 12.9. The predicted octanol–water partition coefficient (Wildman–Crippen LogP) is 0.950. The highest BCUT2D eigenvalue weighted by atomic mass is 16.5. The Labute approximate surface area is 168 Å². The molecule has 0 saturated carbocycles. The van der Waals surface area contributed by atoms with E-state index in [-0.39, 0.29) is 11.8 Å². The third kappa shape index (κ3) is 7.28. The summed E-state index contributed by atoms with van der Waals surface area (Å²) in [5.41, 5.74) is 0.573. The highest BCUT2D eigenvalue weighted by Gasteiger charge is 2.21. The van der Waals surface area contributed by atoms with Crippen LogP contribution in [-0.4, -0.2) is 69.7 Å². The van der Waals surface area contributed by atoms with Crippen LogP contribution in [0.2, 0.25) is 0 Å². The van der Waals surface area contributed by atoms with Gasteiger partial charge in [-0.25, -0.2) is 0 Å². The Bertz CT molecular complexity index is 623. The van der Waals surface area contributed by atoms with Crippen molar-refractivity contribution in [2.24, 2.45) is 0 Å². The first-order chi connectivity index (χ1) is 13.5. The molecule has 0 unspecified atom stereocenters. The number of nitrogens with one attached hydrogen (secondary N) is 2. The molecule has 1 aliphatic rings. The second-order valence-corrected chi connectivity index (χ2v) is 7.63. The van der Waals surface area contributed by atoms with E-state index in [1.165, 1.54) is 32.4 Å². The normalized spacial score (nSPS) is 14.8. The molecule has 0 aliphatic carbocycles. The zero-order chi connectivity index (χ0) is 20.4. The van der Waals surface area contributed by atoms with Crippen LogP contribution in [0.3, 0.4) is 0 Å². The van der Waals surface area contributed by atoms with Gasteiger partial charge in [0.25, 0.3) is 5.91 Å². The smallest absolute Gasteiger partial charge is 0.257 e. The van der Waals surface area contributed by atoms with Crippen molar-refractivity contribution in [2.75, 3.05) is 53.0 Å². The largest absolute Gasteiger partial charge is 0.466 e. The molecule has 0 radical (unpaired) electrons. The number of ether oxygens (including phenoxy) is 1. The van der Waals surface area contributed by atoms with Crippen LogP contribution < -0.4 is 10.2 Å². The van der Waals surface area contributed by atoms with E-state index in [1.807, 2.05) is 6.92 Å². The Morgan fingerprint density at radius 3 is 2.61 bits per heavy atom. The summed E-state index contributed by atoms with van der Waals surface area (Å²) in [4.78, 5) is 28.4. The quantitative estimate of drug-likeness (QED) is 0.548. The number of likely N-dealkylation sites (tertiary alicyclic amines) is 1. The number of aryl methyl sites for hydroxylation is 2. The summed E-state index contributed by atoms with van der Waals surface area (Å²) in [5.74, 6) is 1.25. The van der Waals surface area contributed by atoms with E-state index in [4.69, 9.17) is 9.15 Å². The lowest BCUT2D eigenvalue weighted by molar-refractivity contribution is -0.903. The monoisotopic (exact) mass is 394 g/mol. The fourth-order valence-corrected chi connectivity index (χ4v) is 3.73. The van der Waals surface area contributed by atoms with Crippen molar-refractivity contribution in [1.82, 2.24) is 10.2 Å². The minimum absolute atomic E-state index is 0.000970. The molecule has 158 valence electrons. The molecule has 2 heterocycles. The molecule has 2 rings (SSSR count). The molecule has 1 aliphatic heterocycles. The summed E-state index contributed by atoms with van der Waals surface area (Å²) in [6.07, 6.45) is 4.95. The van der Waals surface area contributed by atoms with Gasteiger partial charge in [-0.15, -0.1) is 0 Å². The summed E-state index contributed by atoms with van der Waals surface area (Å²) in [7, 11) is 1.65. The van der Waals surface area contributed by atoms with Gasteiger partial charge < -0.3 is 24.3 Å². The maximum atomic E-state index is 12.9. The fourth-order valence-electron chi connectivity index (χ4n) is 3.73. The van der Waals surface area contributed by atoms with Crippen LogP contribution in [0.25, 0.3) is 0 Å². The molecule has 1 aromatic rings. The van der Waals surface area contributed by atoms with E-state index in [0.717, 1.165) is 18.7 Å². The number of hydrogen-bond acceptors (Lipinski definition) is 4. The number of methoxy groups -OCH3 is 1. The van der Waals surface area contributed by atoms with Crippen LogP contribution >= 0.6 is 0 Å². The van der Waals surface area contributed by atoms with Crippen molar-refractivity contribution in [3.63, 3.8) is 0 Å². The summed E-state index contributed by atoms with van der Waals surface area (Å²) < 4.78 is 10.6. The van der Waals surface area contributed by atoms with E-state index >= 15 is 0 Å². The van der Waals surface area contributed by atoms with E-state index in [2.05, 4.69) is 5.32 Å². The molecular weight excluding hydrogens is 358 g/mol.